The van der Waals surface area contributed by atoms with Gasteiger partial charge in [0.15, 0.2) is 0 Å². The van der Waals surface area contributed by atoms with Crippen molar-refractivity contribution in [3.8, 4) is 0 Å². The Labute approximate surface area is 359 Å². The van der Waals surface area contributed by atoms with E-state index in [-0.39, 0.29) is 22.9 Å². The Morgan fingerprint density at radius 1 is 0.483 bits per heavy atom. The van der Waals surface area contributed by atoms with Crippen LogP contribution in [-0.2, 0) is 9.53 Å². The van der Waals surface area contributed by atoms with E-state index in [0.29, 0.717) is 17.8 Å². The van der Waals surface area contributed by atoms with E-state index in [9.17, 15) is 14.4 Å². The van der Waals surface area contributed by atoms with Gasteiger partial charge in [0.2, 0.25) is 0 Å². The van der Waals surface area contributed by atoms with E-state index in [2.05, 4.69) is 50.0 Å². The number of unbranched alkanes of at least 4 members (excludes halogenated alkanes) is 28. The molecule has 58 heavy (non-hydrogen) atoms. The first kappa shape index (κ1) is 54.1. The van der Waals surface area contributed by atoms with Crippen LogP contribution in [0.2, 0.25) is 0 Å². The molecule has 7 nitrogen and oxygen atoms in total. The predicted molar refractivity (Wildman–Crippen MR) is 254 cm³/mol. The molecule has 1 rings (SSSR count). The van der Waals surface area contributed by atoms with Gasteiger partial charge in [0.1, 0.15) is 17.5 Å². The number of hydrogen-bond acceptors (Lipinski definition) is 7. The Bertz CT molecular complexity index is 1110. The Balaban J connectivity index is 2.50. The van der Waals surface area contributed by atoms with Gasteiger partial charge in [-0.1, -0.05) is 188 Å². The fourth-order valence-electron chi connectivity index (χ4n) is 8.36. The molecule has 0 bridgehead atoms. The lowest BCUT2D eigenvalue weighted by atomic mass is 10.0. The summed E-state index contributed by atoms with van der Waals surface area (Å²) in [5, 5.41) is 3.35. The molecule has 0 heterocycles. The minimum absolute atomic E-state index is 0.0110. The maximum atomic E-state index is 12.9. The maximum absolute atomic E-state index is 12.9. The van der Waals surface area contributed by atoms with Gasteiger partial charge < -0.3 is 19.9 Å². The van der Waals surface area contributed by atoms with Crippen molar-refractivity contribution >= 4 is 17.3 Å². The van der Waals surface area contributed by atoms with Crippen LogP contribution in [0.25, 0.3) is 0 Å². The number of hydrogen-bond donors (Lipinski definition) is 1. The van der Waals surface area contributed by atoms with Gasteiger partial charge in [0.05, 0.1) is 0 Å². The van der Waals surface area contributed by atoms with E-state index in [0.717, 1.165) is 90.4 Å². The van der Waals surface area contributed by atoms with Crippen LogP contribution in [-0.4, -0.2) is 57.2 Å². The lowest BCUT2D eigenvalue weighted by Gasteiger charge is -2.28. The number of carbonyl (C=O) groups is 1. The van der Waals surface area contributed by atoms with Crippen LogP contribution in [0.1, 0.15) is 252 Å². The second-order valence-electron chi connectivity index (χ2n) is 18.1. The number of rotatable bonds is 45. The van der Waals surface area contributed by atoms with Gasteiger partial charge in [-0.2, -0.15) is 0 Å². The second kappa shape index (κ2) is 39.3. The fourth-order valence-corrected chi connectivity index (χ4v) is 8.36. The molecule has 0 saturated carbocycles. The highest BCUT2D eigenvalue weighted by Gasteiger charge is 2.25. The van der Waals surface area contributed by atoms with Crippen molar-refractivity contribution in [3.05, 3.63) is 20.4 Å². The van der Waals surface area contributed by atoms with Crippen molar-refractivity contribution < 1.29 is 9.53 Å². The summed E-state index contributed by atoms with van der Waals surface area (Å²) in [6.07, 6.45) is 43.5. The maximum Gasteiger partial charge on any atom is 0.306 e. The molecule has 340 valence electrons. The molecule has 0 spiro atoms. The summed E-state index contributed by atoms with van der Waals surface area (Å²) in [5.74, 6) is -0.0110. The van der Waals surface area contributed by atoms with Gasteiger partial charge in [-0.3, -0.25) is 14.4 Å². The van der Waals surface area contributed by atoms with Crippen LogP contribution in [0, 0.1) is 0 Å². The molecule has 1 aromatic carbocycles. The molecule has 0 saturated heterocycles. The normalized spacial score (nSPS) is 11.7. The highest BCUT2D eigenvalue weighted by molar-refractivity contribution is 5.75. The topological polar surface area (TPSA) is 79.0 Å². The van der Waals surface area contributed by atoms with Crippen molar-refractivity contribution in [1.82, 2.24) is 4.90 Å². The van der Waals surface area contributed by atoms with Gasteiger partial charge in [0.25, 0.3) is 10.9 Å². The molecule has 0 amide bonds. The summed E-state index contributed by atoms with van der Waals surface area (Å²) in [7, 11) is 4.16. The number of ether oxygens (including phenoxy) is 1. The second-order valence-corrected chi connectivity index (χ2v) is 18.1. The van der Waals surface area contributed by atoms with Crippen molar-refractivity contribution in [1.29, 1.82) is 0 Å². The molecule has 0 unspecified atom stereocenters. The third-order valence-electron chi connectivity index (χ3n) is 12.2. The molecule has 0 fully saturated rings. The first-order valence-electron chi connectivity index (χ1n) is 25.5. The molecule has 7 heteroatoms. The minimum Gasteiger partial charge on any atom is -0.462 e. The van der Waals surface area contributed by atoms with Crippen molar-refractivity contribution in [2.24, 2.45) is 0 Å². The lowest BCUT2D eigenvalue weighted by molar-refractivity contribution is -0.150. The van der Waals surface area contributed by atoms with Crippen LogP contribution in [0.3, 0.4) is 0 Å². The van der Waals surface area contributed by atoms with Crippen LogP contribution >= 0.6 is 0 Å². The monoisotopic (exact) mass is 816 g/mol. The lowest BCUT2D eigenvalue weighted by Crippen LogP contribution is -2.43. The number of anilines is 2. The van der Waals surface area contributed by atoms with E-state index in [1.54, 1.807) is 0 Å². The summed E-state index contributed by atoms with van der Waals surface area (Å²) >= 11 is 0. The van der Waals surface area contributed by atoms with Crippen molar-refractivity contribution in [2.75, 3.05) is 50.5 Å². The van der Waals surface area contributed by atoms with Crippen LogP contribution < -0.4 is 21.1 Å². The summed E-state index contributed by atoms with van der Waals surface area (Å²) in [4.78, 5) is 42.9. The standard InChI is InChI=1S/C51H97N3O4/c1-6-9-12-15-18-19-20-21-22-23-24-25-30-36-44-54(49-48(50(56)51(49)57)52-42-35-38-43-53(4)5)45-37-31-26-29-34-41-47(55)58-46(39-32-27-16-13-10-7-2)40-33-28-17-14-11-8-3/h46,52H,6-45H2,1-5H3. The Kier molecular flexibility index (Phi) is 36.6. The molecule has 1 N–H and O–H groups in total. The number of nitrogens with one attached hydrogen (secondary N) is 1. The van der Waals surface area contributed by atoms with E-state index in [1.165, 1.54) is 161 Å². The van der Waals surface area contributed by atoms with Gasteiger partial charge in [-0.15, -0.1) is 0 Å². The third-order valence-corrected chi connectivity index (χ3v) is 12.2. The van der Waals surface area contributed by atoms with Crippen LogP contribution in [0.4, 0.5) is 11.4 Å². The average molecular weight is 816 g/mol. The van der Waals surface area contributed by atoms with Gasteiger partial charge in [-0.25, -0.2) is 0 Å². The third kappa shape index (κ3) is 29.4. The van der Waals surface area contributed by atoms with Crippen LogP contribution in [0.5, 0.6) is 0 Å². The number of esters is 1. The molecular weight excluding hydrogens is 719 g/mol. The van der Waals surface area contributed by atoms with E-state index < -0.39 is 0 Å². The zero-order chi connectivity index (χ0) is 42.3. The molecule has 0 radical (unpaired) electrons. The van der Waals surface area contributed by atoms with Gasteiger partial charge in [-0.05, 0) is 78.4 Å². The Morgan fingerprint density at radius 2 is 0.862 bits per heavy atom. The molecule has 0 aromatic heterocycles. The molecule has 0 aliphatic rings. The van der Waals surface area contributed by atoms with E-state index in [1.807, 2.05) is 0 Å². The molecule has 0 aliphatic heterocycles. The Morgan fingerprint density at radius 3 is 1.29 bits per heavy atom. The fraction of sp³-hybridized carbons (Fsp3) is 0.902. The SMILES string of the molecule is CCCCCCCCCCCCCCCCN(CCCCCCCC(=O)OC(CCCCCCCC)CCCCCCCC)c1c(NCCCCN(C)C)c(=O)c1=O. The van der Waals surface area contributed by atoms with Crippen LogP contribution in [0.15, 0.2) is 9.59 Å². The van der Waals surface area contributed by atoms with Crippen molar-refractivity contribution in [2.45, 2.75) is 258 Å². The zero-order valence-electron chi connectivity index (χ0n) is 39.4. The van der Waals surface area contributed by atoms with E-state index in [4.69, 9.17) is 4.74 Å². The molecule has 0 atom stereocenters. The quantitative estimate of drug-likeness (QED) is 0.0399. The molecule has 1 aromatic rings. The summed E-state index contributed by atoms with van der Waals surface area (Å²) in [6.45, 7) is 10.2. The summed E-state index contributed by atoms with van der Waals surface area (Å²) in [6, 6.07) is 0. The number of carbonyl (C=O) groups excluding carboxylic acids is 1. The smallest absolute Gasteiger partial charge is 0.306 e. The largest absolute Gasteiger partial charge is 0.462 e. The highest BCUT2D eigenvalue weighted by Crippen LogP contribution is 2.23. The van der Waals surface area contributed by atoms with Gasteiger partial charge in [0, 0.05) is 26.1 Å². The van der Waals surface area contributed by atoms with Gasteiger partial charge >= 0.3 is 5.97 Å². The predicted octanol–water partition coefficient (Wildman–Crippen LogP) is 14.1. The Hall–Kier alpha value is -1.89. The number of nitrogens with zero attached hydrogens (tertiary/aromatic N) is 2. The molecular formula is C51H97N3O4. The average Bonchev–Trinajstić information content (AvgIpc) is 3.21. The summed E-state index contributed by atoms with van der Waals surface area (Å²) < 4.78 is 6.07. The highest BCUT2D eigenvalue weighted by atomic mass is 16.5. The zero-order valence-corrected chi connectivity index (χ0v) is 39.4. The first-order valence-corrected chi connectivity index (χ1v) is 25.5. The van der Waals surface area contributed by atoms with E-state index >= 15 is 0 Å². The summed E-state index contributed by atoms with van der Waals surface area (Å²) in [5.41, 5.74) is 0.518. The first-order chi connectivity index (χ1) is 28.3. The minimum atomic E-state index is -0.346. The van der Waals surface area contributed by atoms with Crippen molar-refractivity contribution in [3.63, 3.8) is 0 Å². The molecule has 0 aliphatic carbocycles.